The van der Waals surface area contributed by atoms with E-state index in [0.717, 1.165) is 22.6 Å². The molecule has 2 aromatic carbocycles. The number of pyridine rings is 1. The first-order valence-electron chi connectivity index (χ1n) is 9.41. The average molecular weight is 388 g/mol. The van der Waals surface area contributed by atoms with E-state index in [9.17, 15) is 4.79 Å². The normalized spacial score (nSPS) is 11.9. The molecule has 5 nitrogen and oxygen atoms in total. The van der Waals surface area contributed by atoms with E-state index in [1.165, 1.54) is 6.08 Å². The molecule has 5 heteroatoms. The number of amides is 1. The van der Waals surface area contributed by atoms with Crippen LogP contribution in [-0.2, 0) is 16.1 Å². The summed E-state index contributed by atoms with van der Waals surface area (Å²) in [5.41, 5.74) is 2.82. The molecule has 0 bridgehead atoms. The Morgan fingerprint density at radius 1 is 1.03 bits per heavy atom. The van der Waals surface area contributed by atoms with E-state index < -0.39 is 0 Å². The lowest BCUT2D eigenvalue weighted by atomic mass is 10.1. The molecule has 3 aromatic rings. The smallest absolute Gasteiger partial charge is 0.244 e. The van der Waals surface area contributed by atoms with Gasteiger partial charge in [0, 0.05) is 25.9 Å². The molecule has 0 saturated heterocycles. The van der Waals surface area contributed by atoms with Crippen LogP contribution in [-0.4, -0.2) is 24.5 Å². The maximum atomic E-state index is 12.1. The quantitative estimate of drug-likeness (QED) is 0.559. The number of carbonyl (C=O) groups is 1. The molecule has 0 spiro atoms. The molecule has 29 heavy (non-hydrogen) atoms. The summed E-state index contributed by atoms with van der Waals surface area (Å²) >= 11 is 0. The van der Waals surface area contributed by atoms with Gasteiger partial charge >= 0.3 is 0 Å². The molecule has 0 aliphatic heterocycles. The Hall–Kier alpha value is -3.44. The Morgan fingerprint density at radius 2 is 1.79 bits per heavy atom. The van der Waals surface area contributed by atoms with E-state index in [-0.39, 0.29) is 12.0 Å². The van der Waals surface area contributed by atoms with Crippen molar-refractivity contribution in [1.29, 1.82) is 0 Å². The summed E-state index contributed by atoms with van der Waals surface area (Å²) in [5.74, 6) is 0.585. The third-order valence-corrected chi connectivity index (χ3v) is 4.34. The SMILES string of the molecule is COC(CNC(=O)/C=C/c1ccc(OCc2ccccn2)cc1)c1ccccc1. The van der Waals surface area contributed by atoms with E-state index in [2.05, 4.69) is 10.3 Å². The molecular weight excluding hydrogens is 364 g/mol. The van der Waals surface area contributed by atoms with Gasteiger partial charge in [0.1, 0.15) is 12.4 Å². The number of hydrogen-bond donors (Lipinski definition) is 1. The van der Waals surface area contributed by atoms with Crippen LogP contribution >= 0.6 is 0 Å². The molecule has 1 heterocycles. The fourth-order valence-corrected chi connectivity index (χ4v) is 2.75. The maximum Gasteiger partial charge on any atom is 0.244 e. The van der Waals surface area contributed by atoms with Crippen LogP contribution in [0.25, 0.3) is 6.08 Å². The van der Waals surface area contributed by atoms with Gasteiger partial charge in [0.15, 0.2) is 0 Å². The van der Waals surface area contributed by atoms with Crippen molar-refractivity contribution >= 4 is 12.0 Å². The molecule has 0 radical (unpaired) electrons. The Balaban J connectivity index is 1.47. The van der Waals surface area contributed by atoms with Crippen molar-refractivity contribution in [2.75, 3.05) is 13.7 Å². The Bertz CT molecular complexity index is 910. The topological polar surface area (TPSA) is 60.5 Å². The van der Waals surface area contributed by atoms with Crippen molar-refractivity contribution in [3.05, 3.63) is 102 Å². The fourth-order valence-electron chi connectivity index (χ4n) is 2.75. The molecule has 1 aromatic heterocycles. The summed E-state index contributed by atoms with van der Waals surface area (Å²) in [6, 6.07) is 23.1. The van der Waals surface area contributed by atoms with E-state index in [1.54, 1.807) is 19.4 Å². The second-order valence-corrected chi connectivity index (χ2v) is 6.39. The molecule has 1 unspecified atom stereocenters. The molecule has 0 aliphatic rings. The van der Waals surface area contributed by atoms with Crippen molar-refractivity contribution in [1.82, 2.24) is 10.3 Å². The highest BCUT2D eigenvalue weighted by molar-refractivity contribution is 5.91. The molecule has 1 amide bonds. The summed E-state index contributed by atoms with van der Waals surface area (Å²) in [7, 11) is 1.64. The Kier molecular flexibility index (Phi) is 7.55. The number of nitrogens with zero attached hydrogens (tertiary/aromatic N) is 1. The lowest BCUT2D eigenvalue weighted by Crippen LogP contribution is -2.27. The minimum absolute atomic E-state index is 0.168. The number of ether oxygens (including phenoxy) is 2. The van der Waals surface area contributed by atoms with Gasteiger partial charge in [-0.05, 0) is 41.5 Å². The Morgan fingerprint density at radius 3 is 2.48 bits per heavy atom. The Labute approximate surface area is 171 Å². The second kappa shape index (κ2) is 10.8. The highest BCUT2D eigenvalue weighted by atomic mass is 16.5. The van der Waals surface area contributed by atoms with Crippen molar-refractivity contribution in [3.8, 4) is 5.75 Å². The predicted molar refractivity (Wildman–Crippen MR) is 113 cm³/mol. The van der Waals surface area contributed by atoms with Crippen LogP contribution < -0.4 is 10.1 Å². The molecule has 1 N–H and O–H groups in total. The van der Waals surface area contributed by atoms with Gasteiger partial charge in [0.25, 0.3) is 0 Å². The number of methoxy groups -OCH3 is 1. The van der Waals surface area contributed by atoms with E-state index >= 15 is 0 Å². The zero-order chi connectivity index (χ0) is 20.3. The summed E-state index contributed by atoms with van der Waals surface area (Å²) in [4.78, 5) is 16.3. The molecule has 0 aliphatic carbocycles. The third kappa shape index (κ3) is 6.59. The minimum Gasteiger partial charge on any atom is -0.487 e. The van der Waals surface area contributed by atoms with Crippen molar-refractivity contribution in [2.24, 2.45) is 0 Å². The zero-order valence-corrected chi connectivity index (χ0v) is 16.3. The van der Waals surface area contributed by atoms with Crippen molar-refractivity contribution in [2.45, 2.75) is 12.7 Å². The number of carbonyl (C=O) groups excluding carboxylic acids is 1. The van der Waals surface area contributed by atoms with E-state index in [0.29, 0.717) is 13.2 Å². The summed E-state index contributed by atoms with van der Waals surface area (Å²) < 4.78 is 11.2. The molecule has 0 fully saturated rings. The predicted octanol–water partition coefficient (Wildman–Crippen LogP) is 4.18. The first kappa shape index (κ1) is 20.3. The molecule has 3 rings (SSSR count). The fraction of sp³-hybridized carbons (Fsp3) is 0.167. The third-order valence-electron chi connectivity index (χ3n) is 4.34. The highest BCUT2D eigenvalue weighted by Crippen LogP contribution is 2.16. The van der Waals surface area contributed by atoms with Gasteiger partial charge in [-0.2, -0.15) is 0 Å². The number of rotatable bonds is 9. The van der Waals surface area contributed by atoms with E-state index in [4.69, 9.17) is 9.47 Å². The van der Waals surface area contributed by atoms with Crippen LogP contribution in [0.5, 0.6) is 5.75 Å². The first-order chi connectivity index (χ1) is 14.2. The molecule has 148 valence electrons. The van der Waals surface area contributed by atoms with Gasteiger partial charge in [-0.15, -0.1) is 0 Å². The zero-order valence-electron chi connectivity index (χ0n) is 16.3. The molecule has 0 saturated carbocycles. The minimum atomic E-state index is -0.177. The standard InChI is InChI=1S/C24H24N2O3/c1-28-23(20-7-3-2-4-8-20)17-26-24(27)15-12-19-10-13-22(14-11-19)29-18-21-9-5-6-16-25-21/h2-16,23H,17-18H2,1H3,(H,26,27)/b15-12+. The van der Waals surface area contributed by atoms with Crippen molar-refractivity contribution in [3.63, 3.8) is 0 Å². The van der Waals surface area contributed by atoms with Gasteiger partial charge in [0.05, 0.1) is 11.8 Å². The number of nitrogens with one attached hydrogen (secondary N) is 1. The van der Waals surface area contributed by atoms with Gasteiger partial charge in [-0.25, -0.2) is 0 Å². The van der Waals surface area contributed by atoms with E-state index in [1.807, 2.05) is 72.8 Å². The van der Waals surface area contributed by atoms with Gasteiger partial charge in [-0.3, -0.25) is 9.78 Å². The van der Waals surface area contributed by atoms with Crippen LogP contribution in [0.1, 0.15) is 22.9 Å². The largest absolute Gasteiger partial charge is 0.487 e. The van der Waals surface area contributed by atoms with Gasteiger partial charge < -0.3 is 14.8 Å². The summed E-state index contributed by atoms with van der Waals surface area (Å²) in [6.07, 6.45) is 4.85. The average Bonchev–Trinajstić information content (AvgIpc) is 2.79. The second-order valence-electron chi connectivity index (χ2n) is 6.39. The maximum absolute atomic E-state index is 12.1. The lowest BCUT2D eigenvalue weighted by Gasteiger charge is -2.15. The number of aromatic nitrogens is 1. The van der Waals surface area contributed by atoms with Gasteiger partial charge in [0.2, 0.25) is 5.91 Å². The lowest BCUT2D eigenvalue weighted by molar-refractivity contribution is -0.117. The number of benzene rings is 2. The molecule has 1 atom stereocenters. The monoisotopic (exact) mass is 388 g/mol. The van der Waals surface area contributed by atoms with Crippen molar-refractivity contribution < 1.29 is 14.3 Å². The van der Waals surface area contributed by atoms with Crippen LogP contribution in [0.3, 0.4) is 0 Å². The van der Waals surface area contributed by atoms with Crippen LogP contribution in [0, 0.1) is 0 Å². The highest BCUT2D eigenvalue weighted by Gasteiger charge is 2.10. The van der Waals surface area contributed by atoms with Crippen LogP contribution in [0.2, 0.25) is 0 Å². The summed E-state index contributed by atoms with van der Waals surface area (Å²) in [6.45, 7) is 0.824. The van der Waals surface area contributed by atoms with Gasteiger partial charge in [-0.1, -0.05) is 48.5 Å². The number of hydrogen-bond acceptors (Lipinski definition) is 4. The first-order valence-corrected chi connectivity index (χ1v) is 9.41. The molecular formula is C24H24N2O3. The van der Waals surface area contributed by atoms with Crippen LogP contribution in [0.4, 0.5) is 0 Å². The van der Waals surface area contributed by atoms with Crippen LogP contribution in [0.15, 0.2) is 85.1 Å². The summed E-state index contributed by atoms with van der Waals surface area (Å²) in [5, 5.41) is 2.87.